The van der Waals surface area contributed by atoms with Gasteiger partial charge in [-0.2, -0.15) is 5.26 Å². The molecule has 1 amide bonds. The number of hydrogen-bond acceptors (Lipinski definition) is 5. The van der Waals surface area contributed by atoms with Crippen LogP contribution in [0.15, 0.2) is 47.9 Å². The van der Waals surface area contributed by atoms with E-state index in [9.17, 15) is 4.79 Å². The number of nitrogen functional groups attached to an aromatic ring is 1. The minimum absolute atomic E-state index is 0.122. The number of allylic oxidation sites excluding steroid dienone is 3. The van der Waals surface area contributed by atoms with Crippen LogP contribution in [0.5, 0.6) is 0 Å². The molecule has 0 aromatic heterocycles. The zero-order valence-corrected chi connectivity index (χ0v) is 15.6. The van der Waals surface area contributed by atoms with Crippen LogP contribution in [-0.4, -0.2) is 26.2 Å². The summed E-state index contributed by atoms with van der Waals surface area (Å²) < 4.78 is 11.3. The van der Waals surface area contributed by atoms with E-state index in [-0.39, 0.29) is 17.7 Å². The Kier molecular flexibility index (Phi) is 6.02. The van der Waals surface area contributed by atoms with Crippen molar-refractivity contribution in [2.45, 2.75) is 25.7 Å². The topological polar surface area (TPSA) is 88.6 Å². The van der Waals surface area contributed by atoms with Gasteiger partial charge in [-0.3, -0.25) is 4.79 Å². The van der Waals surface area contributed by atoms with Crippen molar-refractivity contribution in [3.63, 3.8) is 0 Å². The molecule has 6 heteroatoms. The average molecular weight is 367 g/mol. The van der Waals surface area contributed by atoms with E-state index in [0.29, 0.717) is 44.5 Å². The van der Waals surface area contributed by atoms with Gasteiger partial charge < -0.3 is 20.1 Å². The van der Waals surface area contributed by atoms with Crippen molar-refractivity contribution in [3.05, 3.63) is 47.9 Å². The summed E-state index contributed by atoms with van der Waals surface area (Å²) in [6.07, 6.45) is 6.42. The Hall–Kier alpha value is -2.94. The normalized spacial score (nSPS) is 22.1. The van der Waals surface area contributed by atoms with Gasteiger partial charge in [0.05, 0.1) is 19.8 Å². The highest BCUT2D eigenvalue weighted by molar-refractivity contribution is 5.96. The number of amides is 1. The number of nitrogens with two attached hydrogens (primary N) is 1. The van der Waals surface area contributed by atoms with Crippen LogP contribution in [0.1, 0.15) is 25.7 Å². The van der Waals surface area contributed by atoms with Crippen LogP contribution in [0.25, 0.3) is 0 Å². The molecule has 2 atom stereocenters. The van der Waals surface area contributed by atoms with E-state index in [4.69, 9.17) is 20.5 Å². The number of nitrogens with zero attached hydrogens (tertiary/aromatic N) is 2. The van der Waals surface area contributed by atoms with Crippen molar-refractivity contribution < 1.29 is 14.3 Å². The number of hydrogen-bond donors (Lipinski definition) is 1. The molecule has 1 aromatic carbocycles. The third kappa shape index (κ3) is 4.43. The van der Waals surface area contributed by atoms with Gasteiger partial charge in [0.15, 0.2) is 5.76 Å². The molecular weight excluding hydrogens is 342 g/mol. The van der Waals surface area contributed by atoms with Crippen molar-refractivity contribution in [2.75, 3.05) is 30.9 Å². The summed E-state index contributed by atoms with van der Waals surface area (Å²) in [5.74, 6) is 2.08. The highest BCUT2D eigenvalue weighted by atomic mass is 16.5. The monoisotopic (exact) mass is 367 g/mol. The number of benzene rings is 1. The number of carbonyl (C=O) groups is 1. The van der Waals surface area contributed by atoms with Crippen LogP contribution in [0.4, 0.5) is 11.4 Å². The van der Waals surface area contributed by atoms with Crippen LogP contribution in [-0.2, 0) is 14.3 Å². The van der Waals surface area contributed by atoms with E-state index in [1.54, 1.807) is 7.11 Å². The summed E-state index contributed by atoms with van der Waals surface area (Å²) in [4.78, 5) is 14.4. The summed E-state index contributed by atoms with van der Waals surface area (Å²) in [6, 6.07) is 9.56. The Bertz CT molecular complexity index is 794. The van der Waals surface area contributed by atoms with Gasteiger partial charge in [-0.05, 0) is 42.5 Å². The second kappa shape index (κ2) is 8.63. The maximum absolute atomic E-state index is 12.5. The van der Waals surface area contributed by atoms with Crippen LogP contribution < -0.4 is 10.6 Å². The lowest BCUT2D eigenvalue weighted by Gasteiger charge is -2.26. The fourth-order valence-electron chi connectivity index (χ4n) is 3.63. The van der Waals surface area contributed by atoms with Crippen molar-refractivity contribution in [2.24, 2.45) is 11.8 Å². The Labute approximate surface area is 159 Å². The largest absolute Gasteiger partial charge is 0.494 e. The van der Waals surface area contributed by atoms with Gasteiger partial charge in [-0.25, -0.2) is 0 Å². The molecule has 1 unspecified atom stereocenters. The summed E-state index contributed by atoms with van der Waals surface area (Å²) in [6.45, 7) is 1.16. The number of carbonyl (C=O) groups excluding carboxylic acids is 1. The van der Waals surface area contributed by atoms with E-state index >= 15 is 0 Å². The molecule has 1 aromatic rings. The second-order valence-electron chi connectivity index (χ2n) is 6.89. The molecule has 6 nitrogen and oxygen atoms in total. The molecule has 1 aliphatic heterocycles. The van der Waals surface area contributed by atoms with Crippen molar-refractivity contribution in [1.29, 1.82) is 5.26 Å². The maximum atomic E-state index is 12.5. The molecule has 27 heavy (non-hydrogen) atoms. The molecule has 2 N–H and O–H groups in total. The summed E-state index contributed by atoms with van der Waals surface area (Å²) in [5, 5.41) is 8.65. The van der Waals surface area contributed by atoms with Gasteiger partial charge in [0.25, 0.3) is 0 Å². The molecule has 0 spiro atoms. The second-order valence-corrected chi connectivity index (χ2v) is 6.89. The highest BCUT2D eigenvalue weighted by Gasteiger charge is 2.36. The Morgan fingerprint density at radius 3 is 2.96 bits per heavy atom. The summed E-state index contributed by atoms with van der Waals surface area (Å²) in [7, 11) is 1.62. The third-order valence-electron chi connectivity index (χ3n) is 5.06. The lowest BCUT2D eigenvalue weighted by Crippen LogP contribution is -2.26. The maximum Gasteiger partial charge on any atom is 0.227 e. The van der Waals surface area contributed by atoms with Gasteiger partial charge in [0, 0.05) is 37.2 Å². The molecule has 1 fully saturated rings. The molecule has 0 radical (unpaired) electrons. The predicted octanol–water partition coefficient (Wildman–Crippen LogP) is 3.38. The number of nitriles is 1. The Morgan fingerprint density at radius 2 is 2.22 bits per heavy atom. The first-order valence-corrected chi connectivity index (χ1v) is 9.23. The number of anilines is 2. The lowest BCUT2D eigenvalue weighted by molar-refractivity contribution is -0.117. The van der Waals surface area contributed by atoms with Crippen molar-refractivity contribution >= 4 is 17.3 Å². The van der Waals surface area contributed by atoms with E-state index in [2.05, 4.69) is 12.1 Å². The van der Waals surface area contributed by atoms with E-state index < -0.39 is 0 Å². The number of unbranched alkanes of at least 4 members (excludes halogenated alkanes) is 1. The first-order valence-electron chi connectivity index (χ1n) is 9.23. The Morgan fingerprint density at radius 1 is 1.37 bits per heavy atom. The zero-order chi connectivity index (χ0) is 19.2. The predicted molar refractivity (Wildman–Crippen MR) is 103 cm³/mol. The van der Waals surface area contributed by atoms with Gasteiger partial charge in [-0.15, -0.1) is 0 Å². The summed E-state index contributed by atoms with van der Waals surface area (Å²) in [5.41, 5.74) is 7.37. The fourth-order valence-corrected chi connectivity index (χ4v) is 3.63. The summed E-state index contributed by atoms with van der Waals surface area (Å²) >= 11 is 0. The van der Waals surface area contributed by atoms with Crippen molar-refractivity contribution in [1.82, 2.24) is 0 Å². The van der Waals surface area contributed by atoms with Crippen LogP contribution in [0.3, 0.4) is 0 Å². The molecular formula is C21H25N3O3. The molecule has 1 heterocycles. The van der Waals surface area contributed by atoms with Gasteiger partial charge in [0.2, 0.25) is 5.91 Å². The van der Waals surface area contributed by atoms with Crippen LogP contribution in [0, 0.1) is 23.2 Å². The quantitative estimate of drug-likeness (QED) is 0.589. The molecule has 1 saturated heterocycles. The van der Waals surface area contributed by atoms with Gasteiger partial charge in [-0.1, -0.05) is 12.1 Å². The minimum atomic E-state index is 0.122. The first-order chi connectivity index (χ1) is 13.1. The zero-order valence-electron chi connectivity index (χ0n) is 15.6. The molecule has 3 rings (SSSR count). The van der Waals surface area contributed by atoms with Crippen LogP contribution in [0.2, 0.25) is 0 Å². The van der Waals surface area contributed by atoms with Crippen molar-refractivity contribution in [3.8, 4) is 6.07 Å². The fraction of sp³-hybridized carbons (Fsp3) is 0.429. The average Bonchev–Trinajstić information content (AvgIpc) is 3.07. The van der Waals surface area contributed by atoms with Gasteiger partial charge >= 0.3 is 0 Å². The number of rotatable bonds is 7. The number of methoxy groups -OCH3 is 1. The molecule has 1 aliphatic carbocycles. The van der Waals surface area contributed by atoms with E-state index in [0.717, 1.165) is 17.2 Å². The molecule has 2 aliphatic rings. The molecule has 0 saturated carbocycles. The molecule has 0 bridgehead atoms. The standard InChI is InChI=1S/C21H25N3O3/c1-26-19-8-7-15(11-20(19)27-10-3-2-9-22)16-12-21(25)24(14-16)18-6-4-5-17(23)13-18/h4-8,13,15-16H,2-3,10-12,14,23H2,1H3/t15?,16-/m0/s1. The molecule has 142 valence electrons. The smallest absolute Gasteiger partial charge is 0.227 e. The third-order valence-corrected chi connectivity index (χ3v) is 5.06. The van der Waals surface area contributed by atoms with E-state index in [1.165, 1.54) is 0 Å². The lowest BCUT2D eigenvalue weighted by atomic mass is 9.85. The minimum Gasteiger partial charge on any atom is -0.494 e. The Balaban J connectivity index is 1.65. The van der Waals surface area contributed by atoms with Gasteiger partial charge in [0.1, 0.15) is 5.76 Å². The van der Waals surface area contributed by atoms with Crippen LogP contribution >= 0.6 is 0 Å². The highest BCUT2D eigenvalue weighted by Crippen LogP contribution is 2.37. The SMILES string of the molecule is COC1=C(OCCCC#N)CC([C@H]2CC(=O)N(c3cccc(N)c3)C2)C=C1. The van der Waals surface area contributed by atoms with E-state index in [1.807, 2.05) is 35.2 Å². The first kappa shape index (κ1) is 18.8. The number of ether oxygens (including phenoxy) is 2.